The van der Waals surface area contributed by atoms with Crippen molar-refractivity contribution in [2.75, 3.05) is 26.2 Å². The van der Waals surface area contributed by atoms with E-state index in [4.69, 9.17) is 6.42 Å². The summed E-state index contributed by atoms with van der Waals surface area (Å²) in [4.78, 5) is 28.1. The number of amides is 2. The van der Waals surface area contributed by atoms with Crippen molar-refractivity contribution in [3.63, 3.8) is 0 Å². The minimum atomic E-state index is -0.287. The summed E-state index contributed by atoms with van der Waals surface area (Å²) < 4.78 is 13.3. The molecule has 0 N–H and O–H groups in total. The molecule has 0 bridgehead atoms. The van der Waals surface area contributed by atoms with E-state index in [1.807, 2.05) is 6.07 Å². The van der Waals surface area contributed by atoms with Crippen molar-refractivity contribution in [1.82, 2.24) is 9.80 Å². The van der Waals surface area contributed by atoms with Gasteiger partial charge in [0.1, 0.15) is 5.82 Å². The molecule has 1 saturated heterocycles. The molecule has 2 rings (SSSR count). The smallest absolute Gasteiger partial charge is 0.228 e. The van der Waals surface area contributed by atoms with Crippen LogP contribution in [0.5, 0.6) is 0 Å². The van der Waals surface area contributed by atoms with Crippen LogP contribution in [0, 0.1) is 24.1 Å². The molecular formula is C20H23FN2O2. The van der Waals surface area contributed by atoms with Gasteiger partial charge in [-0.15, -0.1) is 13.0 Å². The van der Waals surface area contributed by atoms with Gasteiger partial charge in [0.15, 0.2) is 0 Å². The molecule has 1 aromatic carbocycles. The summed E-state index contributed by atoms with van der Waals surface area (Å²) in [6, 6.07) is 6.35. The highest BCUT2D eigenvalue weighted by atomic mass is 19.1. The Balaban J connectivity index is 1.98. The zero-order valence-electron chi connectivity index (χ0n) is 14.3. The molecular weight excluding hydrogens is 319 g/mol. The number of carbonyl (C=O) groups is 2. The number of carbonyl (C=O) groups excluding carboxylic acids is 2. The van der Waals surface area contributed by atoms with E-state index in [2.05, 4.69) is 12.5 Å². The van der Waals surface area contributed by atoms with E-state index >= 15 is 0 Å². The first kappa shape index (κ1) is 18.7. The number of nitrogens with zero attached hydrogens (tertiary/aromatic N) is 2. The van der Waals surface area contributed by atoms with Crippen LogP contribution in [0.1, 0.15) is 18.4 Å². The van der Waals surface area contributed by atoms with Crippen LogP contribution in [0.2, 0.25) is 0 Å². The van der Waals surface area contributed by atoms with Gasteiger partial charge in [-0.05, 0) is 30.5 Å². The Morgan fingerprint density at radius 3 is 3.00 bits per heavy atom. The number of hydrogen-bond donors (Lipinski definition) is 0. The average molecular weight is 342 g/mol. The molecule has 1 aromatic rings. The number of piperidine rings is 1. The average Bonchev–Trinajstić information content (AvgIpc) is 2.60. The summed E-state index contributed by atoms with van der Waals surface area (Å²) in [5.41, 5.74) is 0.835. The second-order valence-electron chi connectivity index (χ2n) is 6.17. The van der Waals surface area contributed by atoms with E-state index < -0.39 is 0 Å². The van der Waals surface area contributed by atoms with Gasteiger partial charge in [0.05, 0.1) is 12.5 Å². The zero-order chi connectivity index (χ0) is 18.2. The molecule has 1 fully saturated rings. The molecule has 0 spiro atoms. The van der Waals surface area contributed by atoms with Crippen molar-refractivity contribution < 1.29 is 14.0 Å². The van der Waals surface area contributed by atoms with Gasteiger partial charge in [-0.2, -0.15) is 0 Å². The molecule has 1 aliphatic heterocycles. The van der Waals surface area contributed by atoms with Gasteiger partial charge >= 0.3 is 0 Å². The number of hydrogen-bond acceptors (Lipinski definition) is 2. The summed E-state index contributed by atoms with van der Waals surface area (Å²) in [7, 11) is 0. The summed E-state index contributed by atoms with van der Waals surface area (Å²) in [6.07, 6.45) is 8.41. The summed E-state index contributed by atoms with van der Waals surface area (Å²) >= 11 is 0. The van der Waals surface area contributed by atoms with E-state index in [0.29, 0.717) is 38.9 Å². The monoisotopic (exact) mass is 342 g/mol. The van der Waals surface area contributed by atoms with Crippen LogP contribution in [0.15, 0.2) is 36.9 Å². The predicted octanol–water partition coefficient (Wildman–Crippen LogP) is 2.25. The lowest BCUT2D eigenvalue weighted by Crippen LogP contribution is -2.47. The van der Waals surface area contributed by atoms with Crippen LogP contribution in [0.3, 0.4) is 0 Å². The topological polar surface area (TPSA) is 40.6 Å². The Morgan fingerprint density at radius 2 is 2.32 bits per heavy atom. The third-order valence-electron chi connectivity index (χ3n) is 4.35. The fraction of sp³-hybridized carbons (Fsp3) is 0.400. The van der Waals surface area contributed by atoms with E-state index in [9.17, 15) is 14.0 Å². The van der Waals surface area contributed by atoms with Crippen LogP contribution < -0.4 is 0 Å². The fourth-order valence-electron chi connectivity index (χ4n) is 3.05. The van der Waals surface area contributed by atoms with Gasteiger partial charge in [0, 0.05) is 26.1 Å². The van der Waals surface area contributed by atoms with Crippen molar-refractivity contribution in [2.24, 2.45) is 5.92 Å². The van der Waals surface area contributed by atoms with Crippen LogP contribution in [0.25, 0.3) is 0 Å². The summed E-state index contributed by atoms with van der Waals surface area (Å²) in [6.45, 7) is 5.14. The lowest BCUT2D eigenvalue weighted by Gasteiger charge is -2.34. The van der Waals surface area contributed by atoms with Crippen molar-refractivity contribution in [3.05, 3.63) is 48.3 Å². The molecule has 5 heteroatoms. The Hall–Kier alpha value is -2.61. The molecule has 25 heavy (non-hydrogen) atoms. The largest absolute Gasteiger partial charge is 0.342 e. The Kier molecular flexibility index (Phi) is 6.76. The predicted molar refractivity (Wildman–Crippen MR) is 95.0 cm³/mol. The van der Waals surface area contributed by atoms with Crippen molar-refractivity contribution >= 4 is 11.8 Å². The quantitative estimate of drug-likeness (QED) is 0.563. The summed E-state index contributed by atoms with van der Waals surface area (Å²) in [5, 5.41) is 0. The molecule has 2 amide bonds. The van der Waals surface area contributed by atoms with Crippen LogP contribution >= 0.6 is 0 Å². The van der Waals surface area contributed by atoms with E-state index in [-0.39, 0.29) is 30.1 Å². The Bertz CT molecular complexity index is 681. The molecule has 0 aliphatic carbocycles. The first-order valence-corrected chi connectivity index (χ1v) is 8.40. The first-order valence-electron chi connectivity index (χ1n) is 8.40. The minimum Gasteiger partial charge on any atom is -0.342 e. The van der Waals surface area contributed by atoms with E-state index in [1.54, 1.807) is 21.9 Å². The van der Waals surface area contributed by atoms with Gasteiger partial charge in [0.25, 0.3) is 0 Å². The Labute approximate surface area is 148 Å². The third kappa shape index (κ3) is 5.18. The highest BCUT2D eigenvalue weighted by Crippen LogP contribution is 2.20. The normalized spacial score (nSPS) is 17.0. The molecule has 0 unspecified atom stereocenters. The van der Waals surface area contributed by atoms with E-state index in [0.717, 1.165) is 5.56 Å². The van der Waals surface area contributed by atoms with Crippen LogP contribution in [0.4, 0.5) is 4.39 Å². The Morgan fingerprint density at radius 1 is 1.52 bits per heavy atom. The van der Waals surface area contributed by atoms with Crippen molar-refractivity contribution in [3.8, 4) is 12.3 Å². The molecule has 4 nitrogen and oxygen atoms in total. The number of halogens is 1. The number of benzene rings is 1. The fourth-order valence-corrected chi connectivity index (χ4v) is 3.05. The molecule has 1 heterocycles. The maximum Gasteiger partial charge on any atom is 0.228 e. The molecule has 132 valence electrons. The van der Waals surface area contributed by atoms with Gasteiger partial charge in [-0.3, -0.25) is 9.59 Å². The number of rotatable bonds is 7. The maximum absolute atomic E-state index is 13.3. The van der Waals surface area contributed by atoms with Gasteiger partial charge < -0.3 is 9.80 Å². The standard InChI is InChI=1S/C20H23FN2O2/c1-3-11-22(12-4-2)20(25)17-8-9-19(24)23(15-17)13-10-16-6-5-7-18(21)14-16/h1,4-7,14,17H,2,8-13,15H2/t17-/m0/s1. The zero-order valence-corrected chi connectivity index (χ0v) is 14.3. The first-order chi connectivity index (χ1) is 12.0. The third-order valence-corrected chi connectivity index (χ3v) is 4.35. The molecule has 1 atom stereocenters. The maximum atomic E-state index is 13.3. The lowest BCUT2D eigenvalue weighted by molar-refractivity contribution is -0.142. The SMILES string of the molecule is C#CCN(CC=C)C(=O)[C@H]1CCC(=O)N(CCc2cccc(F)c2)C1. The second-order valence-corrected chi connectivity index (χ2v) is 6.17. The van der Waals surface area contributed by atoms with Gasteiger partial charge in [-0.25, -0.2) is 4.39 Å². The number of terminal acetylenes is 1. The van der Waals surface area contributed by atoms with Gasteiger partial charge in [-0.1, -0.05) is 24.1 Å². The summed E-state index contributed by atoms with van der Waals surface area (Å²) in [5.74, 6) is 1.94. The van der Waals surface area contributed by atoms with Crippen molar-refractivity contribution in [1.29, 1.82) is 0 Å². The molecule has 1 aliphatic rings. The van der Waals surface area contributed by atoms with E-state index in [1.165, 1.54) is 12.1 Å². The van der Waals surface area contributed by atoms with Crippen LogP contribution in [-0.2, 0) is 16.0 Å². The minimum absolute atomic E-state index is 0.0349. The van der Waals surface area contributed by atoms with Crippen molar-refractivity contribution in [2.45, 2.75) is 19.3 Å². The van der Waals surface area contributed by atoms with Gasteiger partial charge in [0.2, 0.25) is 11.8 Å². The molecule has 0 aromatic heterocycles. The highest BCUT2D eigenvalue weighted by Gasteiger charge is 2.32. The van der Waals surface area contributed by atoms with Crippen LogP contribution in [-0.4, -0.2) is 47.8 Å². The number of likely N-dealkylation sites (tertiary alicyclic amines) is 1. The lowest BCUT2D eigenvalue weighted by atomic mass is 9.95. The molecule has 0 radical (unpaired) electrons. The molecule has 0 saturated carbocycles. The highest BCUT2D eigenvalue weighted by molar-refractivity contribution is 5.84. The second kappa shape index (κ2) is 9.03.